The van der Waals surface area contributed by atoms with Crippen LogP contribution in [0.25, 0.3) is 5.57 Å². The molecule has 1 aromatic carbocycles. The average molecular weight is 331 g/mol. The van der Waals surface area contributed by atoms with Gasteiger partial charge in [0.2, 0.25) is 0 Å². The second-order valence-electron chi connectivity index (χ2n) is 7.25. The van der Waals surface area contributed by atoms with Gasteiger partial charge in [-0.05, 0) is 80.6 Å². The van der Waals surface area contributed by atoms with E-state index in [1.165, 1.54) is 11.6 Å². The molecular formula is C20H26FNO2. The molecule has 0 heterocycles. The van der Waals surface area contributed by atoms with Gasteiger partial charge in [0.25, 0.3) is 0 Å². The number of rotatable bonds is 4. The zero-order valence-electron chi connectivity index (χ0n) is 14.4. The van der Waals surface area contributed by atoms with Gasteiger partial charge >= 0.3 is 5.97 Å². The summed E-state index contributed by atoms with van der Waals surface area (Å²) in [6.45, 7) is 2.01. The van der Waals surface area contributed by atoms with Crippen LogP contribution < -0.4 is 5.32 Å². The van der Waals surface area contributed by atoms with E-state index in [0.29, 0.717) is 5.92 Å². The topological polar surface area (TPSA) is 49.3 Å². The van der Waals surface area contributed by atoms with E-state index in [1.807, 2.05) is 14.0 Å². The van der Waals surface area contributed by atoms with Crippen LogP contribution in [0.3, 0.4) is 0 Å². The van der Waals surface area contributed by atoms with E-state index in [4.69, 9.17) is 0 Å². The summed E-state index contributed by atoms with van der Waals surface area (Å²) in [5.74, 6) is -0.631. The quantitative estimate of drug-likeness (QED) is 0.821. The molecule has 1 atom stereocenters. The fourth-order valence-corrected chi connectivity index (χ4v) is 4.77. The fourth-order valence-electron chi connectivity index (χ4n) is 4.77. The van der Waals surface area contributed by atoms with E-state index < -0.39 is 5.97 Å². The Kier molecular flexibility index (Phi) is 4.66. The third kappa shape index (κ3) is 2.83. The maximum atomic E-state index is 13.8. The molecule has 4 heteroatoms. The minimum absolute atomic E-state index is 0.0228. The lowest BCUT2D eigenvalue weighted by Gasteiger charge is -2.51. The summed E-state index contributed by atoms with van der Waals surface area (Å²) in [5.41, 5.74) is 3.08. The van der Waals surface area contributed by atoms with Crippen molar-refractivity contribution in [3.05, 3.63) is 35.7 Å². The highest BCUT2D eigenvalue weighted by molar-refractivity contribution is 5.77. The molecule has 2 aliphatic carbocycles. The second kappa shape index (κ2) is 6.58. The number of carbonyl (C=O) groups is 1. The SMILES string of the molecule is C/C=C(\c1cc(F)ccc1NC)C1CCC2(CC1)CC[C@@H]2C(=O)O. The van der Waals surface area contributed by atoms with Crippen LogP contribution in [-0.4, -0.2) is 18.1 Å². The highest BCUT2D eigenvalue weighted by Gasteiger charge is 2.52. The number of aliphatic carboxylic acids is 1. The van der Waals surface area contributed by atoms with Crippen molar-refractivity contribution in [2.45, 2.75) is 45.4 Å². The molecule has 0 radical (unpaired) electrons. The van der Waals surface area contributed by atoms with Crippen molar-refractivity contribution >= 4 is 17.2 Å². The highest BCUT2D eigenvalue weighted by Crippen LogP contribution is 2.58. The van der Waals surface area contributed by atoms with Crippen LogP contribution in [0.2, 0.25) is 0 Å². The summed E-state index contributed by atoms with van der Waals surface area (Å²) in [4.78, 5) is 11.4. The molecule has 0 unspecified atom stereocenters. The Morgan fingerprint density at radius 1 is 1.29 bits per heavy atom. The maximum Gasteiger partial charge on any atom is 0.307 e. The number of carboxylic acids is 1. The number of hydrogen-bond acceptors (Lipinski definition) is 2. The van der Waals surface area contributed by atoms with E-state index in [2.05, 4.69) is 11.4 Å². The van der Waals surface area contributed by atoms with Gasteiger partial charge in [0, 0.05) is 18.3 Å². The van der Waals surface area contributed by atoms with Crippen LogP contribution >= 0.6 is 0 Å². The number of carboxylic acid groups (broad SMARTS) is 1. The minimum Gasteiger partial charge on any atom is -0.481 e. The number of benzene rings is 1. The summed E-state index contributed by atoms with van der Waals surface area (Å²) in [5, 5.41) is 12.5. The van der Waals surface area contributed by atoms with Crippen LogP contribution in [0.5, 0.6) is 0 Å². The van der Waals surface area contributed by atoms with E-state index in [-0.39, 0.29) is 17.2 Å². The third-order valence-electron chi connectivity index (χ3n) is 6.26. The van der Waals surface area contributed by atoms with Crippen LogP contribution in [0.15, 0.2) is 24.3 Å². The number of halogens is 1. The molecule has 1 aromatic rings. The zero-order chi connectivity index (χ0) is 17.3. The molecule has 2 N–H and O–H groups in total. The molecule has 3 nitrogen and oxygen atoms in total. The lowest BCUT2D eigenvalue weighted by Crippen LogP contribution is -2.47. The standard InChI is InChI=1S/C20H26FNO2/c1-3-15(16-12-14(21)4-5-18(16)22-2)13-6-9-20(10-7-13)11-8-17(20)19(23)24/h3-5,12-13,17,22H,6-11H2,1-2H3,(H,23,24)/b15-3-/t13?,17-,20?/m1/s1. The molecule has 1 spiro atoms. The Morgan fingerprint density at radius 3 is 2.46 bits per heavy atom. The fraction of sp³-hybridized carbons (Fsp3) is 0.550. The molecular weight excluding hydrogens is 305 g/mol. The molecule has 0 amide bonds. The van der Waals surface area contributed by atoms with Crippen molar-refractivity contribution in [1.29, 1.82) is 0 Å². The Morgan fingerprint density at radius 2 is 1.96 bits per heavy atom. The van der Waals surface area contributed by atoms with Crippen molar-refractivity contribution in [3.63, 3.8) is 0 Å². The van der Waals surface area contributed by atoms with Gasteiger partial charge in [0.1, 0.15) is 5.82 Å². The average Bonchev–Trinajstić information content (AvgIpc) is 2.55. The van der Waals surface area contributed by atoms with Crippen LogP contribution in [0, 0.1) is 23.1 Å². The third-order valence-corrected chi connectivity index (χ3v) is 6.26. The molecule has 2 aliphatic rings. The monoisotopic (exact) mass is 331 g/mol. The summed E-state index contributed by atoms with van der Waals surface area (Å²) in [6, 6.07) is 4.87. The van der Waals surface area contributed by atoms with Crippen molar-refractivity contribution in [2.24, 2.45) is 17.3 Å². The van der Waals surface area contributed by atoms with E-state index in [1.54, 1.807) is 12.1 Å². The summed E-state index contributed by atoms with van der Waals surface area (Å²) in [7, 11) is 1.85. The Bertz CT molecular complexity index is 660. The first-order valence-corrected chi connectivity index (χ1v) is 8.87. The molecule has 24 heavy (non-hydrogen) atoms. The van der Waals surface area contributed by atoms with E-state index in [0.717, 1.165) is 49.8 Å². The first kappa shape index (κ1) is 17.0. The summed E-state index contributed by atoms with van der Waals surface area (Å²) in [6.07, 6.45) is 7.88. The van der Waals surface area contributed by atoms with Gasteiger partial charge in [0.05, 0.1) is 5.92 Å². The first-order valence-electron chi connectivity index (χ1n) is 8.87. The predicted octanol–water partition coefficient (Wildman–Crippen LogP) is 4.94. The second-order valence-corrected chi connectivity index (χ2v) is 7.25. The first-order chi connectivity index (χ1) is 11.5. The van der Waals surface area contributed by atoms with Crippen LogP contribution in [0.1, 0.15) is 51.0 Å². The molecule has 2 fully saturated rings. The maximum absolute atomic E-state index is 13.8. The number of allylic oxidation sites excluding steroid dienone is 2. The highest BCUT2D eigenvalue weighted by atomic mass is 19.1. The van der Waals surface area contributed by atoms with Gasteiger partial charge in [-0.25, -0.2) is 4.39 Å². The Hall–Kier alpha value is -1.84. The largest absolute Gasteiger partial charge is 0.481 e. The van der Waals surface area contributed by atoms with Gasteiger partial charge in [-0.3, -0.25) is 4.79 Å². The molecule has 130 valence electrons. The molecule has 2 saturated carbocycles. The summed E-state index contributed by atoms with van der Waals surface area (Å²) >= 11 is 0. The number of nitrogens with one attached hydrogen (secondary N) is 1. The smallest absolute Gasteiger partial charge is 0.307 e. The van der Waals surface area contributed by atoms with Crippen molar-refractivity contribution in [3.8, 4) is 0 Å². The van der Waals surface area contributed by atoms with Gasteiger partial charge in [0.15, 0.2) is 0 Å². The lowest BCUT2D eigenvalue weighted by molar-refractivity contribution is -0.157. The minimum atomic E-state index is -0.631. The summed E-state index contributed by atoms with van der Waals surface area (Å²) < 4.78 is 13.8. The van der Waals surface area contributed by atoms with E-state index in [9.17, 15) is 14.3 Å². The lowest BCUT2D eigenvalue weighted by atomic mass is 9.52. The van der Waals surface area contributed by atoms with Gasteiger partial charge in [-0.1, -0.05) is 6.08 Å². The molecule has 0 bridgehead atoms. The molecule has 3 rings (SSSR count). The Labute approximate surface area is 143 Å². The number of hydrogen-bond donors (Lipinski definition) is 2. The molecule has 0 aromatic heterocycles. The predicted molar refractivity (Wildman–Crippen MR) is 94.3 cm³/mol. The van der Waals surface area contributed by atoms with Gasteiger partial charge < -0.3 is 10.4 Å². The van der Waals surface area contributed by atoms with E-state index >= 15 is 0 Å². The number of anilines is 1. The van der Waals surface area contributed by atoms with Crippen LogP contribution in [0.4, 0.5) is 10.1 Å². The van der Waals surface area contributed by atoms with Crippen molar-refractivity contribution < 1.29 is 14.3 Å². The zero-order valence-corrected chi connectivity index (χ0v) is 14.4. The molecule has 0 saturated heterocycles. The van der Waals surface area contributed by atoms with Crippen molar-refractivity contribution in [2.75, 3.05) is 12.4 Å². The van der Waals surface area contributed by atoms with Gasteiger partial charge in [-0.15, -0.1) is 0 Å². The Balaban J connectivity index is 1.78. The normalized spacial score (nSPS) is 30.0. The molecule has 0 aliphatic heterocycles. The van der Waals surface area contributed by atoms with Gasteiger partial charge in [-0.2, -0.15) is 0 Å². The van der Waals surface area contributed by atoms with Crippen LogP contribution in [-0.2, 0) is 4.79 Å². The van der Waals surface area contributed by atoms with Crippen molar-refractivity contribution in [1.82, 2.24) is 0 Å².